The standard InChI is InChI=1S/C69H55NS/c1-67(2,3)45-32-36-54-55-37-33-46(68(4,5)6)41-62(55)69(61(54)40-45)60-29-17-14-26-53(60)56-38-34-47(42-63(56)69)70(48-35-39-59-58-28-16-19-31-65(58)71-66(59)43-48)64-30-18-15-27-57(64)52-25-13-12-24-51(52)50-23-11-10-22-49(50)44-20-8-7-9-21-44/h7-43H,1-6H3. The molecule has 0 aliphatic heterocycles. The van der Waals surface area contributed by atoms with Crippen LogP contribution in [0.15, 0.2) is 224 Å². The second-order valence-electron chi connectivity index (χ2n) is 21.6. The van der Waals surface area contributed by atoms with Gasteiger partial charge < -0.3 is 4.90 Å². The van der Waals surface area contributed by atoms with Crippen LogP contribution in [0.3, 0.4) is 0 Å². The third-order valence-corrected chi connectivity index (χ3v) is 16.6. The molecule has 0 atom stereocenters. The van der Waals surface area contributed by atoms with E-state index in [9.17, 15) is 0 Å². The van der Waals surface area contributed by atoms with Crippen LogP contribution in [0.1, 0.15) is 74.9 Å². The Morgan fingerprint density at radius 3 is 1.44 bits per heavy atom. The van der Waals surface area contributed by atoms with E-state index in [1.165, 1.54) is 109 Å². The minimum absolute atomic E-state index is 0.0337. The Kier molecular flexibility index (Phi) is 9.83. The SMILES string of the molecule is CC(C)(C)c1ccc2c(c1)C1(c3ccccc3-c3ccc(N(c4ccc5c(c4)sc4ccccc45)c4ccccc4-c4ccccc4-c4ccccc4-c4ccccc4)cc31)c1cc(C(C)(C)C)ccc1-2. The number of hydrogen-bond donors (Lipinski definition) is 0. The van der Waals surface area contributed by atoms with Gasteiger partial charge in [0.1, 0.15) is 0 Å². The molecular formula is C69H55NS. The topological polar surface area (TPSA) is 3.24 Å². The molecule has 0 saturated carbocycles. The summed E-state index contributed by atoms with van der Waals surface area (Å²) < 4.78 is 2.58. The molecule has 1 spiro atoms. The summed E-state index contributed by atoms with van der Waals surface area (Å²) in [6, 6.07) is 84.9. The van der Waals surface area contributed by atoms with E-state index in [1.807, 2.05) is 11.3 Å². The Morgan fingerprint density at radius 1 is 0.324 bits per heavy atom. The molecule has 71 heavy (non-hydrogen) atoms. The van der Waals surface area contributed by atoms with Crippen molar-refractivity contribution in [3.63, 3.8) is 0 Å². The Morgan fingerprint density at radius 2 is 0.775 bits per heavy atom. The average Bonchev–Trinajstić information content (AvgIpc) is 4.03. The van der Waals surface area contributed by atoms with Crippen LogP contribution < -0.4 is 4.90 Å². The van der Waals surface area contributed by atoms with E-state index < -0.39 is 5.41 Å². The Bertz CT molecular complexity index is 3850. The zero-order valence-corrected chi connectivity index (χ0v) is 42.0. The van der Waals surface area contributed by atoms with E-state index in [2.05, 4.69) is 271 Å². The van der Waals surface area contributed by atoms with Crippen LogP contribution in [0, 0.1) is 0 Å². The summed E-state index contributed by atoms with van der Waals surface area (Å²) in [7, 11) is 0. The van der Waals surface area contributed by atoms with E-state index >= 15 is 0 Å². The highest BCUT2D eigenvalue weighted by Gasteiger charge is 2.52. The molecule has 1 heterocycles. The number of fused-ring (bicyclic) bond motifs is 13. The first-order valence-corrected chi connectivity index (χ1v) is 25.9. The highest BCUT2D eigenvalue weighted by molar-refractivity contribution is 7.25. The Labute approximate surface area is 422 Å². The van der Waals surface area contributed by atoms with Gasteiger partial charge in [-0.15, -0.1) is 11.3 Å². The largest absolute Gasteiger partial charge is 0.310 e. The molecule has 0 radical (unpaired) electrons. The number of rotatable bonds is 6. The van der Waals surface area contributed by atoms with Crippen LogP contribution >= 0.6 is 11.3 Å². The summed E-state index contributed by atoms with van der Waals surface area (Å²) in [5.41, 5.74) is 23.3. The van der Waals surface area contributed by atoms with Gasteiger partial charge in [0.05, 0.1) is 11.1 Å². The number of anilines is 3. The van der Waals surface area contributed by atoms with E-state index in [4.69, 9.17) is 0 Å². The Hall–Kier alpha value is -7.78. The predicted molar refractivity (Wildman–Crippen MR) is 304 cm³/mol. The van der Waals surface area contributed by atoms with Gasteiger partial charge in [-0.25, -0.2) is 0 Å². The van der Waals surface area contributed by atoms with Crippen LogP contribution in [-0.2, 0) is 16.2 Å². The van der Waals surface area contributed by atoms with Crippen molar-refractivity contribution in [2.75, 3.05) is 4.90 Å². The highest BCUT2D eigenvalue weighted by Crippen LogP contribution is 2.64. The summed E-state index contributed by atoms with van der Waals surface area (Å²) in [4.78, 5) is 2.55. The molecule has 2 aliphatic carbocycles. The zero-order valence-electron chi connectivity index (χ0n) is 41.2. The maximum absolute atomic E-state index is 2.56. The van der Waals surface area contributed by atoms with Gasteiger partial charge in [0, 0.05) is 37.1 Å². The molecule has 13 rings (SSSR count). The minimum Gasteiger partial charge on any atom is -0.310 e. The molecule has 0 bridgehead atoms. The summed E-state index contributed by atoms with van der Waals surface area (Å²) in [5.74, 6) is 0. The molecule has 0 saturated heterocycles. The van der Waals surface area contributed by atoms with Crippen LogP contribution in [0.4, 0.5) is 17.1 Å². The van der Waals surface area contributed by atoms with Gasteiger partial charge in [-0.3, -0.25) is 0 Å². The van der Waals surface area contributed by atoms with Crippen molar-refractivity contribution in [3.8, 4) is 55.6 Å². The van der Waals surface area contributed by atoms with Gasteiger partial charge in [-0.05, 0) is 131 Å². The first kappa shape index (κ1) is 43.3. The smallest absolute Gasteiger partial charge is 0.0726 e. The molecule has 11 aromatic rings. The first-order chi connectivity index (χ1) is 34.5. The highest BCUT2D eigenvalue weighted by atomic mass is 32.1. The fourth-order valence-corrected chi connectivity index (χ4v) is 13.1. The van der Waals surface area contributed by atoms with Crippen molar-refractivity contribution in [3.05, 3.63) is 258 Å². The molecule has 0 unspecified atom stereocenters. The van der Waals surface area contributed by atoms with Gasteiger partial charge in [0.2, 0.25) is 0 Å². The maximum atomic E-state index is 2.56. The lowest BCUT2D eigenvalue weighted by Gasteiger charge is -2.34. The van der Waals surface area contributed by atoms with Gasteiger partial charge in [0.25, 0.3) is 0 Å². The van der Waals surface area contributed by atoms with Crippen molar-refractivity contribution >= 4 is 48.6 Å². The molecule has 0 N–H and O–H groups in total. The van der Waals surface area contributed by atoms with Gasteiger partial charge >= 0.3 is 0 Å². The monoisotopic (exact) mass is 929 g/mol. The maximum Gasteiger partial charge on any atom is 0.0726 e. The van der Waals surface area contributed by atoms with Crippen LogP contribution in [-0.4, -0.2) is 0 Å². The van der Waals surface area contributed by atoms with E-state index in [0.29, 0.717) is 0 Å². The summed E-state index contributed by atoms with van der Waals surface area (Å²) in [6.45, 7) is 14.1. The van der Waals surface area contributed by atoms with Gasteiger partial charge in [0.15, 0.2) is 0 Å². The predicted octanol–water partition coefficient (Wildman–Crippen LogP) is 19.5. The van der Waals surface area contributed by atoms with Gasteiger partial charge in [-0.2, -0.15) is 0 Å². The minimum atomic E-state index is -0.538. The number of hydrogen-bond acceptors (Lipinski definition) is 2. The van der Waals surface area contributed by atoms with Crippen molar-refractivity contribution in [1.82, 2.24) is 0 Å². The summed E-state index contributed by atoms with van der Waals surface area (Å²) in [6.07, 6.45) is 0. The molecule has 1 aromatic heterocycles. The second-order valence-corrected chi connectivity index (χ2v) is 22.7. The zero-order chi connectivity index (χ0) is 48.2. The quantitative estimate of drug-likeness (QED) is 0.161. The molecule has 2 aliphatic rings. The molecule has 342 valence electrons. The van der Waals surface area contributed by atoms with Crippen LogP contribution in [0.5, 0.6) is 0 Å². The molecule has 0 fully saturated rings. The van der Waals surface area contributed by atoms with Crippen molar-refractivity contribution in [2.45, 2.75) is 57.8 Å². The molecule has 0 amide bonds. The Balaban J connectivity index is 1.09. The number of thiophene rings is 1. The van der Waals surface area contributed by atoms with Crippen LogP contribution in [0.25, 0.3) is 75.8 Å². The molecule has 1 nitrogen and oxygen atoms in total. The lowest BCUT2D eigenvalue weighted by Crippen LogP contribution is -2.27. The van der Waals surface area contributed by atoms with Crippen molar-refractivity contribution in [1.29, 1.82) is 0 Å². The molecule has 2 heteroatoms. The average molecular weight is 930 g/mol. The first-order valence-electron chi connectivity index (χ1n) is 25.1. The molecular weight excluding hydrogens is 875 g/mol. The third-order valence-electron chi connectivity index (χ3n) is 15.4. The number of para-hydroxylation sites is 1. The third kappa shape index (κ3) is 6.72. The fraction of sp³-hybridized carbons (Fsp3) is 0.130. The number of nitrogens with zero attached hydrogens (tertiary/aromatic N) is 1. The van der Waals surface area contributed by atoms with E-state index in [-0.39, 0.29) is 10.8 Å². The van der Waals surface area contributed by atoms with E-state index in [0.717, 1.165) is 17.1 Å². The second kappa shape index (κ2) is 16.1. The lowest BCUT2D eigenvalue weighted by atomic mass is 9.68. The van der Waals surface area contributed by atoms with Crippen molar-refractivity contribution in [2.24, 2.45) is 0 Å². The molecule has 10 aromatic carbocycles. The number of benzene rings is 10. The fourth-order valence-electron chi connectivity index (χ4n) is 12.0. The van der Waals surface area contributed by atoms with Crippen LogP contribution in [0.2, 0.25) is 0 Å². The van der Waals surface area contributed by atoms with E-state index in [1.54, 1.807) is 0 Å². The van der Waals surface area contributed by atoms with Gasteiger partial charge in [-0.1, -0.05) is 230 Å². The lowest BCUT2D eigenvalue weighted by molar-refractivity contribution is 0.586. The summed E-state index contributed by atoms with van der Waals surface area (Å²) in [5, 5.41) is 2.59. The van der Waals surface area contributed by atoms with Crippen molar-refractivity contribution < 1.29 is 0 Å². The normalized spacial score (nSPS) is 13.3. The summed E-state index contributed by atoms with van der Waals surface area (Å²) >= 11 is 1.87.